The first kappa shape index (κ1) is 16.9. The molecule has 0 saturated carbocycles. The van der Waals surface area contributed by atoms with E-state index in [0.29, 0.717) is 26.1 Å². The Morgan fingerprint density at radius 2 is 1.39 bits per heavy atom. The van der Waals surface area contributed by atoms with Gasteiger partial charge in [-0.25, -0.2) is 0 Å². The van der Waals surface area contributed by atoms with Gasteiger partial charge in [0.15, 0.2) is 0 Å². The first-order chi connectivity index (χ1) is 8.70. The second-order valence-corrected chi connectivity index (χ2v) is 4.29. The number of esters is 2. The minimum absolute atomic E-state index is 0.123. The molecule has 0 aliphatic carbocycles. The van der Waals surface area contributed by atoms with Gasteiger partial charge in [-0.15, -0.1) is 0 Å². The normalized spacial score (nSPS) is 10.1. The van der Waals surface area contributed by atoms with E-state index in [1.165, 1.54) is 0 Å². The number of hydrogen-bond acceptors (Lipinski definition) is 4. The fraction of sp³-hybridized carbons (Fsp3) is 0.857. The summed E-state index contributed by atoms with van der Waals surface area (Å²) in [5.41, 5.74) is 0. The molecule has 106 valence electrons. The summed E-state index contributed by atoms with van der Waals surface area (Å²) < 4.78 is 9.89. The van der Waals surface area contributed by atoms with Crippen LogP contribution in [0.15, 0.2) is 0 Å². The van der Waals surface area contributed by atoms with Gasteiger partial charge in [-0.3, -0.25) is 9.59 Å². The van der Waals surface area contributed by atoms with E-state index >= 15 is 0 Å². The van der Waals surface area contributed by atoms with Crippen molar-refractivity contribution in [3.05, 3.63) is 0 Å². The Bertz CT molecular complexity index is 226. The van der Waals surface area contributed by atoms with Crippen molar-refractivity contribution in [3.8, 4) is 0 Å². The van der Waals surface area contributed by atoms with Crippen molar-refractivity contribution in [2.24, 2.45) is 0 Å². The van der Waals surface area contributed by atoms with Crippen molar-refractivity contribution in [2.75, 3.05) is 13.2 Å². The SMILES string of the molecule is CCCCCOC(=O)CCCCCC(=O)OCC. The maximum Gasteiger partial charge on any atom is 0.305 e. The molecule has 4 heteroatoms. The van der Waals surface area contributed by atoms with E-state index in [9.17, 15) is 9.59 Å². The highest BCUT2D eigenvalue weighted by Crippen LogP contribution is 2.05. The third-order valence-corrected chi connectivity index (χ3v) is 2.58. The van der Waals surface area contributed by atoms with E-state index in [4.69, 9.17) is 9.47 Å². The third-order valence-electron chi connectivity index (χ3n) is 2.58. The first-order valence-corrected chi connectivity index (χ1v) is 7.02. The molecule has 0 spiro atoms. The molecule has 0 aromatic carbocycles. The molecule has 0 unspecified atom stereocenters. The Kier molecular flexibility index (Phi) is 11.7. The van der Waals surface area contributed by atoms with Gasteiger partial charge in [0.1, 0.15) is 0 Å². The van der Waals surface area contributed by atoms with Crippen LogP contribution < -0.4 is 0 Å². The van der Waals surface area contributed by atoms with Gasteiger partial charge >= 0.3 is 11.9 Å². The highest BCUT2D eigenvalue weighted by molar-refractivity contribution is 5.69. The van der Waals surface area contributed by atoms with Crippen LogP contribution in [0.25, 0.3) is 0 Å². The molecular weight excluding hydrogens is 232 g/mol. The van der Waals surface area contributed by atoms with Crippen molar-refractivity contribution < 1.29 is 19.1 Å². The number of hydrogen-bond donors (Lipinski definition) is 0. The summed E-state index contributed by atoms with van der Waals surface area (Å²) in [6.07, 6.45) is 6.51. The van der Waals surface area contributed by atoms with Gasteiger partial charge in [0, 0.05) is 12.8 Å². The molecule has 0 fully saturated rings. The molecule has 0 N–H and O–H groups in total. The highest BCUT2D eigenvalue weighted by Gasteiger charge is 2.04. The van der Waals surface area contributed by atoms with Crippen LogP contribution in [0.3, 0.4) is 0 Å². The van der Waals surface area contributed by atoms with Crippen molar-refractivity contribution in [3.63, 3.8) is 0 Å². The Hall–Kier alpha value is -1.06. The molecule has 0 aliphatic rings. The van der Waals surface area contributed by atoms with E-state index in [1.54, 1.807) is 6.92 Å². The summed E-state index contributed by atoms with van der Waals surface area (Å²) in [7, 11) is 0. The van der Waals surface area contributed by atoms with Gasteiger partial charge in [0.2, 0.25) is 0 Å². The van der Waals surface area contributed by atoms with Crippen LogP contribution in [-0.2, 0) is 19.1 Å². The van der Waals surface area contributed by atoms with Crippen molar-refractivity contribution in [1.82, 2.24) is 0 Å². The van der Waals surface area contributed by atoms with Crippen LogP contribution >= 0.6 is 0 Å². The predicted molar refractivity (Wildman–Crippen MR) is 70.2 cm³/mol. The number of ether oxygens (including phenoxy) is 2. The van der Waals surface area contributed by atoms with Crippen molar-refractivity contribution >= 4 is 11.9 Å². The predicted octanol–water partition coefficient (Wildman–Crippen LogP) is 3.23. The molecular formula is C14H26O4. The third kappa shape index (κ3) is 11.4. The molecule has 0 rings (SSSR count). The molecule has 0 bridgehead atoms. The van der Waals surface area contributed by atoms with Gasteiger partial charge in [0.05, 0.1) is 13.2 Å². The summed E-state index contributed by atoms with van der Waals surface area (Å²) in [4.78, 5) is 22.3. The molecule has 0 aliphatic heterocycles. The van der Waals surface area contributed by atoms with Crippen LogP contribution in [0.1, 0.15) is 65.2 Å². The van der Waals surface area contributed by atoms with Crippen molar-refractivity contribution in [1.29, 1.82) is 0 Å². The number of carbonyl (C=O) groups excluding carboxylic acids is 2. The molecule has 0 radical (unpaired) electrons. The van der Waals surface area contributed by atoms with E-state index in [-0.39, 0.29) is 11.9 Å². The lowest BCUT2D eigenvalue weighted by Crippen LogP contribution is -2.06. The number of rotatable bonds is 11. The maximum atomic E-state index is 11.3. The molecule has 0 aromatic rings. The summed E-state index contributed by atoms with van der Waals surface area (Å²) in [5.74, 6) is -0.276. The molecule has 18 heavy (non-hydrogen) atoms. The zero-order valence-corrected chi connectivity index (χ0v) is 11.7. The van der Waals surface area contributed by atoms with Crippen LogP contribution in [-0.4, -0.2) is 25.2 Å². The van der Waals surface area contributed by atoms with Gasteiger partial charge in [0.25, 0.3) is 0 Å². The van der Waals surface area contributed by atoms with E-state index in [2.05, 4.69) is 6.92 Å². The number of carbonyl (C=O) groups is 2. The maximum absolute atomic E-state index is 11.3. The highest BCUT2D eigenvalue weighted by atomic mass is 16.5. The lowest BCUT2D eigenvalue weighted by molar-refractivity contribution is -0.144. The quantitative estimate of drug-likeness (QED) is 0.422. The molecule has 4 nitrogen and oxygen atoms in total. The zero-order valence-electron chi connectivity index (χ0n) is 11.7. The second kappa shape index (κ2) is 12.4. The number of unbranched alkanes of at least 4 members (excludes halogenated alkanes) is 4. The van der Waals surface area contributed by atoms with Gasteiger partial charge in [-0.1, -0.05) is 26.2 Å². The van der Waals surface area contributed by atoms with Crippen LogP contribution in [0, 0.1) is 0 Å². The Balaban J connectivity index is 3.27. The average Bonchev–Trinajstić information content (AvgIpc) is 2.34. The fourth-order valence-corrected chi connectivity index (χ4v) is 1.56. The summed E-state index contributed by atoms with van der Waals surface area (Å²) >= 11 is 0. The van der Waals surface area contributed by atoms with Gasteiger partial charge in [-0.2, -0.15) is 0 Å². The molecule has 0 aromatic heterocycles. The summed E-state index contributed by atoms with van der Waals surface area (Å²) in [6, 6.07) is 0. The Morgan fingerprint density at radius 1 is 0.778 bits per heavy atom. The average molecular weight is 258 g/mol. The summed E-state index contributed by atoms with van der Waals surface area (Å²) in [5, 5.41) is 0. The molecule has 0 atom stereocenters. The van der Waals surface area contributed by atoms with E-state index in [1.807, 2.05) is 0 Å². The lowest BCUT2D eigenvalue weighted by Gasteiger charge is -2.04. The van der Waals surface area contributed by atoms with Crippen molar-refractivity contribution in [2.45, 2.75) is 65.2 Å². The van der Waals surface area contributed by atoms with Crippen LogP contribution in [0.4, 0.5) is 0 Å². The van der Waals surface area contributed by atoms with Gasteiger partial charge in [-0.05, 0) is 26.2 Å². The first-order valence-electron chi connectivity index (χ1n) is 7.02. The van der Waals surface area contributed by atoms with Gasteiger partial charge < -0.3 is 9.47 Å². The molecule has 0 heterocycles. The lowest BCUT2D eigenvalue weighted by atomic mass is 10.1. The van der Waals surface area contributed by atoms with E-state index in [0.717, 1.165) is 38.5 Å². The Labute approximate surface area is 110 Å². The van der Waals surface area contributed by atoms with E-state index < -0.39 is 0 Å². The molecule has 0 amide bonds. The second-order valence-electron chi connectivity index (χ2n) is 4.29. The minimum atomic E-state index is -0.153. The minimum Gasteiger partial charge on any atom is -0.466 e. The Morgan fingerprint density at radius 3 is 1.94 bits per heavy atom. The van der Waals surface area contributed by atoms with Crippen LogP contribution in [0.2, 0.25) is 0 Å². The van der Waals surface area contributed by atoms with Crippen LogP contribution in [0.5, 0.6) is 0 Å². The summed E-state index contributed by atoms with van der Waals surface area (Å²) in [6.45, 7) is 4.89. The topological polar surface area (TPSA) is 52.6 Å². The monoisotopic (exact) mass is 258 g/mol. The largest absolute Gasteiger partial charge is 0.466 e. The standard InChI is InChI=1S/C14H26O4/c1-3-5-9-12-18-14(16)11-8-6-7-10-13(15)17-4-2/h3-12H2,1-2H3. The molecule has 0 saturated heterocycles. The zero-order chi connectivity index (χ0) is 13.6. The smallest absolute Gasteiger partial charge is 0.305 e. The fourth-order valence-electron chi connectivity index (χ4n) is 1.56.